The van der Waals surface area contributed by atoms with Gasteiger partial charge >= 0.3 is 0 Å². The zero-order chi connectivity index (χ0) is 13.1. The molecule has 5 nitrogen and oxygen atoms in total. The van der Waals surface area contributed by atoms with Crippen molar-refractivity contribution in [2.75, 3.05) is 6.61 Å². The van der Waals surface area contributed by atoms with Crippen molar-refractivity contribution in [2.24, 2.45) is 0 Å². The van der Waals surface area contributed by atoms with Gasteiger partial charge in [0, 0.05) is 0 Å². The van der Waals surface area contributed by atoms with Crippen LogP contribution in [0.25, 0.3) is 0 Å². The molecule has 0 aromatic rings. The molecule has 0 aliphatic carbocycles. The summed E-state index contributed by atoms with van der Waals surface area (Å²) in [5, 5.41) is 0. The Morgan fingerprint density at radius 3 is 2.22 bits per heavy atom. The summed E-state index contributed by atoms with van der Waals surface area (Å²) in [6.07, 6.45) is -3.53. The number of ether oxygens (including phenoxy) is 5. The van der Waals surface area contributed by atoms with E-state index in [1.165, 1.54) is 0 Å². The van der Waals surface area contributed by atoms with Gasteiger partial charge in [-0.3, -0.25) is 0 Å². The minimum Gasteiger partial charge on any atom is -0.348 e. The van der Waals surface area contributed by atoms with Crippen molar-refractivity contribution >= 4 is 0 Å². The van der Waals surface area contributed by atoms with Crippen molar-refractivity contribution in [3.05, 3.63) is 0 Å². The molecule has 5 atom stereocenters. The third-order valence-corrected chi connectivity index (χ3v) is 3.43. The fourth-order valence-electron chi connectivity index (χ4n) is 2.73. The first kappa shape index (κ1) is 12.7. The second-order valence-electron chi connectivity index (χ2n) is 5.88. The van der Waals surface area contributed by atoms with Gasteiger partial charge in [0.15, 0.2) is 11.6 Å². The molecule has 0 spiro atoms. The standard InChI is InChI=1S/C12H19FO5/c1-11(2)14-5-6-7(16-11)8-9(10(13)15-6)18-12(3,4)17-8/h6-10H,5H2,1-4H3/t6-,7-,8+,9+,10-/m1/s1. The van der Waals surface area contributed by atoms with Gasteiger partial charge in [0.2, 0.25) is 6.36 Å². The molecule has 0 saturated carbocycles. The van der Waals surface area contributed by atoms with Crippen molar-refractivity contribution in [1.29, 1.82) is 0 Å². The molecule has 3 aliphatic rings. The number of hydrogen-bond acceptors (Lipinski definition) is 5. The Morgan fingerprint density at radius 1 is 0.889 bits per heavy atom. The lowest BCUT2D eigenvalue weighted by Crippen LogP contribution is -2.62. The average molecular weight is 262 g/mol. The van der Waals surface area contributed by atoms with E-state index < -0.39 is 36.2 Å². The maximum Gasteiger partial charge on any atom is 0.228 e. The van der Waals surface area contributed by atoms with Gasteiger partial charge in [-0.2, -0.15) is 0 Å². The summed E-state index contributed by atoms with van der Waals surface area (Å²) in [6, 6.07) is 0. The van der Waals surface area contributed by atoms with E-state index in [1.807, 2.05) is 13.8 Å². The Bertz CT molecular complexity index is 345. The summed E-state index contributed by atoms with van der Waals surface area (Å²) < 4.78 is 41.8. The van der Waals surface area contributed by atoms with Gasteiger partial charge in [-0.1, -0.05) is 0 Å². The molecule has 0 unspecified atom stereocenters. The van der Waals surface area contributed by atoms with E-state index in [-0.39, 0.29) is 6.10 Å². The molecule has 0 N–H and O–H groups in total. The molecular formula is C12H19FO5. The van der Waals surface area contributed by atoms with Crippen molar-refractivity contribution in [3.63, 3.8) is 0 Å². The predicted molar refractivity (Wildman–Crippen MR) is 58.5 cm³/mol. The molecule has 3 heterocycles. The third-order valence-electron chi connectivity index (χ3n) is 3.43. The van der Waals surface area contributed by atoms with Gasteiger partial charge in [-0.15, -0.1) is 0 Å². The molecule has 3 aliphatic heterocycles. The lowest BCUT2D eigenvalue weighted by atomic mass is 9.98. The van der Waals surface area contributed by atoms with Gasteiger partial charge in [0.25, 0.3) is 0 Å². The van der Waals surface area contributed by atoms with Crippen LogP contribution in [0.2, 0.25) is 0 Å². The fraction of sp³-hybridized carbons (Fsp3) is 1.00. The highest BCUT2D eigenvalue weighted by atomic mass is 19.1. The zero-order valence-corrected chi connectivity index (χ0v) is 11.0. The molecule has 3 rings (SSSR count). The van der Waals surface area contributed by atoms with Crippen LogP contribution in [0.3, 0.4) is 0 Å². The normalized spacial score (nSPS) is 49.5. The van der Waals surface area contributed by atoms with E-state index in [0.29, 0.717) is 6.61 Å². The topological polar surface area (TPSA) is 46.2 Å². The first-order valence-electron chi connectivity index (χ1n) is 6.24. The molecular weight excluding hydrogens is 243 g/mol. The van der Waals surface area contributed by atoms with Crippen molar-refractivity contribution < 1.29 is 28.1 Å². The van der Waals surface area contributed by atoms with E-state index in [4.69, 9.17) is 23.7 Å². The van der Waals surface area contributed by atoms with E-state index in [2.05, 4.69) is 0 Å². The Kier molecular flexibility index (Phi) is 2.74. The van der Waals surface area contributed by atoms with Gasteiger partial charge in [0.1, 0.15) is 24.4 Å². The summed E-state index contributed by atoms with van der Waals surface area (Å²) in [5.41, 5.74) is 0. The molecule has 6 heteroatoms. The van der Waals surface area contributed by atoms with Crippen molar-refractivity contribution in [1.82, 2.24) is 0 Å². The van der Waals surface area contributed by atoms with Crippen LogP contribution in [0.4, 0.5) is 4.39 Å². The van der Waals surface area contributed by atoms with Crippen LogP contribution >= 0.6 is 0 Å². The van der Waals surface area contributed by atoms with Gasteiger partial charge < -0.3 is 23.7 Å². The molecule has 3 saturated heterocycles. The van der Waals surface area contributed by atoms with Crippen LogP contribution in [-0.4, -0.2) is 49.0 Å². The Hall–Kier alpha value is -0.270. The van der Waals surface area contributed by atoms with Crippen molar-refractivity contribution in [3.8, 4) is 0 Å². The van der Waals surface area contributed by atoms with Crippen LogP contribution in [0.1, 0.15) is 27.7 Å². The number of alkyl halides is 1. The molecule has 0 aromatic carbocycles. The largest absolute Gasteiger partial charge is 0.348 e. The van der Waals surface area contributed by atoms with Crippen LogP contribution in [0, 0.1) is 0 Å². The number of hydrogen-bond donors (Lipinski definition) is 0. The van der Waals surface area contributed by atoms with Crippen LogP contribution < -0.4 is 0 Å². The lowest BCUT2D eigenvalue weighted by molar-refractivity contribution is -0.358. The Balaban J connectivity index is 1.84. The second kappa shape index (κ2) is 3.86. The monoisotopic (exact) mass is 262 g/mol. The van der Waals surface area contributed by atoms with E-state index in [0.717, 1.165) is 0 Å². The second-order valence-corrected chi connectivity index (χ2v) is 5.88. The van der Waals surface area contributed by atoms with E-state index in [1.54, 1.807) is 13.8 Å². The summed E-state index contributed by atoms with van der Waals surface area (Å²) in [7, 11) is 0. The quantitative estimate of drug-likeness (QED) is 0.659. The number of fused-ring (bicyclic) bond motifs is 3. The first-order chi connectivity index (χ1) is 8.27. The molecule has 3 fully saturated rings. The summed E-state index contributed by atoms with van der Waals surface area (Å²) in [6.45, 7) is 7.46. The van der Waals surface area contributed by atoms with Crippen molar-refractivity contribution in [2.45, 2.75) is 70.0 Å². The highest BCUT2D eigenvalue weighted by molar-refractivity contribution is 4.98. The van der Waals surface area contributed by atoms with Gasteiger partial charge in [0.05, 0.1) is 6.61 Å². The molecule has 0 amide bonds. The van der Waals surface area contributed by atoms with Crippen LogP contribution in [-0.2, 0) is 23.7 Å². The zero-order valence-electron chi connectivity index (χ0n) is 11.0. The molecule has 0 bridgehead atoms. The van der Waals surface area contributed by atoms with Crippen LogP contribution in [0.5, 0.6) is 0 Å². The Labute approximate surface area is 105 Å². The molecule has 0 radical (unpaired) electrons. The van der Waals surface area contributed by atoms with Gasteiger partial charge in [-0.05, 0) is 27.7 Å². The fourth-order valence-corrected chi connectivity index (χ4v) is 2.73. The summed E-state index contributed by atoms with van der Waals surface area (Å²) in [4.78, 5) is 0. The predicted octanol–water partition coefficient (Wildman–Crippen LogP) is 1.35. The lowest BCUT2D eigenvalue weighted by Gasteiger charge is -2.46. The maximum atomic E-state index is 13.9. The first-order valence-corrected chi connectivity index (χ1v) is 6.24. The molecule has 104 valence electrons. The van der Waals surface area contributed by atoms with Crippen LogP contribution in [0.15, 0.2) is 0 Å². The SMILES string of the molecule is CC1(C)O[C@@H]2[C@H](O1)[C@H](F)O[C@@H]1COC(C)(C)O[C@@H]21. The minimum absolute atomic E-state index is 0.297. The van der Waals surface area contributed by atoms with E-state index >= 15 is 0 Å². The van der Waals surface area contributed by atoms with Gasteiger partial charge in [-0.25, -0.2) is 4.39 Å². The molecule has 0 aromatic heterocycles. The highest BCUT2D eigenvalue weighted by Gasteiger charge is 2.58. The maximum absolute atomic E-state index is 13.9. The summed E-state index contributed by atoms with van der Waals surface area (Å²) in [5.74, 6) is -1.53. The Morgan fingerprint density at radius 2 is 1.50 bits per heavy atom. The van der Waals surface area contributed by atoms with E-state index in [9.17, 15) is 4.39 Å². The number of rotatable bonds is 0. The smallest absolute Gasteiger partial charge is 0.228 e. The number of halogens is 1. The average Bonchev–Trinajstić information content (AvgIpc) is 2.56. The highest BCUT2D eigenvalue weighted by Crippen LogP contribution is 2.41. The molecule has 18 heavy (non-hydrogen) atoms. The summed E-state index contributed by atoms with van der Waals surface area (Å²) >= 11 is 0. The minimum atomic E-state index is -1.51. The third kappa shape index (κ3) is 2.06.